The Labute approximate surface area is 112 Å². The number of sulfonamides is 1. The van der Waals surface area contributed by atoms with Crippen LogP contribution in [0.3, 0.4) is 0 Å². The van der Waals surface area contributed by atoms with Gasteiger partial charge in [0.15, 0.2) is 0 Å². The Morgan fingerprint density at radius 3 is 2.47 bits per heavy atom. The fourth-order valence-electron chi connectivity index (χ4n) is 1.56. The fourth-order valence-corrected chi connectivity index (χ4v) is 2.56. The average Bonchev–Trinajstić information content (AvgIpc) is 3.21. The molecule has 0 heterocycles. The van der Waals surface area contributed by atoms with Gasteiger partial charge in [-0.25, -0.2) is 13.1 Å². The third kappa shape index (κ3) is 3.65. The second-order valence-corrected chi connectivity index (χ2v) is 6.20. The molecule has 1 aromatic rings. The van der Waals surface area contributed by atoms with E-state index in [1.165, 1.54) is 18.2 Å². The van der Waals surface area contributed by atoms with Gasteiger partial charge in [0.1, 0.15) is 0 Å². The molecule has 2 rings (SSSR count). The fraction of sp³-hybridized carbons (Fsp3) is 0.308. The van der Waals surface area contributed by atoms with E-state index in [0.29, 0.717) is 5.69 Å². The number of amides is 1. The monoisotopic (exact) mass is 280 g/mol. The highest BCUT2D eigenvalue weighted by atomic mass is 32.2. The largest absolute Gasteiger partial charge is 0.326 e. The lowest BCUT2D eigenvalue weighted by molar-refractivity contribution is -0.117. The van der Waals surface area contributed by atoms with Crippen molar-refractivity contribution in [3.8, 4) is 0 Å². The van der Waals surface area contributed by atoms with Crippen LogP contribution in [-0.2, 0) is 14.8 Å². The lowest BCUT2D eigenvalue weighted by Gasteiger charge is -2.07. The van der Waals surface area contributed by atoms with E-state index in [1.54, 1.807) is 12.1 Å². The van der Waals surface area contributed by atoms with E-state index < -0.39 is 10.0 Å². The Bertz CT molecular complexity index is 574. The molecule has 1 fully saturated rings. The molecule has 1 aliphatic carbocycles. The zero-order valence-electron chi connectivity index (χ0n) is 10.4. The molecule has 5 nitrogen and oxygen atoms in total. The first-order chi connectivity index (χ1) is 9.03. The molecule has 102 valence electrons. The van der Waals surface area contributed by atoms with Gasteiger partial charge in [-0.3, -0.25) is 4.79 Å². The maximum absolute atomic E-state index is 11.8. The molecule has 0 radical (unpaired) electrons. The molecule has 1 amide bonds. The summed E-state index contributed by atoms with van der Waals surface area (Å²) in [6.07, 6.45) is 3.34. The molecule has 1 saturated carbocycles. The SMILES string of the molecule is C=CCNS(=O)(=O)c1ccc(NC(=O)C2CC2)cc1. The van der Waals surface area contributed by atoms with Gasteiger partial charge in [0.2, 0.25) is 15.9 Å². The minimum absolute atomic E-state index is 0.000361. The van der Waals surface area contributed by atoms with Crippen LogP contribution in [0.1, 0.15) is 12.8 Å². The van der Waals surface area contributed by atoms with Gasteiger partial charge in [-0.15, -0.1) is 6.58 Å². The first kappa shape index (κ1) is 13.8. The van der Waals surface area contributed by atoms with E-state index >= 15 is 0 Å². The average molecular weight is 280 g/mol. The molecule has 19 heavy (non-hydrogen) atoms. The van der Waals surface area contributed by atoms with Crippen LogP contribution >= 0.6 is 0 Å². The van der Waals surface area contributed by atoms with E-state index in [-0.39, 0.29) is 23.3 Å². The topological polar surface area (TPSA) is 75.3 Å². The lowest BCUT2D eigenvalue weighted by Crippen LogP contribution is -2.23. The molecular weight excluding hydrogens is 264 g/mol. The van der Waals surface area contributed by atoms with Gasteiger partial charge >= 0.3 is 0 Å². The van der Waals surface area contributed by atoms with Crippen molar-refractivity contribution in [3.05, 3.63) is 36.9 Å². The van der Waals surface area contributed by atoms with Crippen molar-refractivity contribution in [1.29, 1.82) is 0 Å². The Hall–Kier alpha value is -1.66. The molecule has 0 atom stereocenters. The number of anilines is 1. The van der Waals surface area contributed by atoms with Crippen molar-refractivity contribution in [3.63, 3.8) is 0 Å². The number of nitrogens with one attached hydrogen (secondary N) is 2. The maximum Gasteiger partial charge on any atom is 0.240 e. The van der Waals surface area contributed by atoms with Crippen molar-refractivity contribution in [2.75, 3.05) is 11.9 Å². The summed E-state index contributed by atoms with van der Waals surface area (Å²) in [6.45, 7) is 3.64. The van der Waals surface area contributed by atoms with Gasteiger partial charge in [0.25, 0.3) is 0 Å². The zero-order chi connectivity index (χ0) is 13.9. The lowest BCUT2D eigenvalue weighted by atomic mass is 10.3. The van der Waals surface area contributed by atoms with Gasteiger partial charge in [-0.05, 0) is 37.1 Å². The molecule has 0 aliphatic heterocycles. The van der Waals surface area contributed by atoms with Crippen molar-refractivity contribution in [2.45, 2.75) is 17.7 Å². The minimum atomic E-state index is -3.51. The van der Waals surface area contributed by atoms with Gasteiger partial charge in [0.05, 0.1) is 4.90 Å². The van der Waals surface area contributed by atoms with Crippen LogP contribution in [0.15, 0.2) is 41.8 Å². The van der Waals surface area contributed by atoms with Gasteiger partial charge in [-0.2, -0.15) is 0 Å². The van der Waals surface area contributed by atoms with Crippen LogP contribution in [0.4, 0.5) is 5.69 Å². The van der Waals surface area contributed by atoms with Crippen molar-refractivity contribution >= 4 is 21.6 Å². The summed E-state index contributed by atoms with van der Waals surface area (Å²) >= 11 is 0. The van der Waals surface area contributed by atoms with E-state index in [9.17, 15) is 13.2 Å². The number of hydrogen-bond donors (Lipinski definition) is 2. The van der Waals surface area contributed by atoms with Crippen LogP contribution in [0.25, 0.3) is 0 Å². The molecule has 6 heteroatoms. The maximum atomic E-state index is 11.8. The van der Waals surface area contributed by atoms with Crippen LogP contribution in [0, 0.1) is 5.92 Å². The Morgan fingerprint density at radius 1 is 1.32 bits per heavy atom. The molecule has 1 aliphatic rings. The Balaban J connectivity index is 2.04. The highest BCUT2D eigenvalue weighted by Crippen LogP contribution is 2.30. The third-order valence-corrected chi connectivity index (χ3v) is 4.24. The molecule has 0 spiro atoms. The molecule has 2 N–H and O–H groups in total. The minimum Gasteiger partial charge on any atom is -0.326 e. The van der Waals surface area contributed by atoms with Crippen LogP contribution in [0.2, 0.25) is 0 Å². The van der Waals surface area contributed by atoms with Gasteiger partial charge in [-0.1, -0.05) is 6.08 Å². The van der Waals surface area contributed by atoms with Crippen molar-refractivity contribution in [1.82, 2.24) is 4.72 Å². The number of benzene rings is 1. The van der Waals surface area contributed by atoms with Gasteiger partial charge in [0, 0.05) is 18.2 Å². The van der Waals surface area contributed by atoms with Crippen LogP contribution in [0.5, 0.6) is 0 Å². The molecular formula is C13H16N2O3S. The number of hydrogen-bond acceptors (Lipinski definition) is 3. The van der Waals surface area contributed by atoms with E-state index in [4.69, 9.17) is 0 Å². The predicted octanol–water partition coefficient (Wildman–Crippen LogP) is 1.50. The second-order valence-electron chi connectivity index (χ2n) is 4.43. The third-order valence-electron chi connectivity index (χ3n) is 2.80. The van der Waals surface area contributed by atoms with Crippen LogP contribution < -0.4 is 10.0 Å². The summed E-state index contributed by atoms with van der Waals surface area (Å²) in [5, 5.41) is 2.76. The Kier molecular flexibility index (Phi) is 4.01. The summed E-state index contributed by atoms with van der Waals surface area (Å²) in [5.74, 6) is 0.123. The number of rotatable bonds is 6. The highest BCUT2D eigenvalue weighted by Gasteiger charge is 2.29. The zero-order valence-corrected chi connectivity index (χ0v) is 11.2. The highest BCUT2D eigenvalue weighted by molar-refractivity contribution is 7.89. The smallest absolute Gasteiger partial charge is 0.240 e. The van der Waals surface area contributed by atoms with E-state index in [1.807, 2.05) is 0 Å². The van der Waals surface area contributed by atoms with Crippen LogP contribution in [-0.4, -0.2) is 20.9 Å². The molecule has 1 aromatic carbocycles. The molecule has 0 aromatic heterocycles. The predicted molar refractivity (Wildman–Crippen MR) is 73.2 cm³/mol. The first-order valence-electron chi connectivity index (χ1n) is 6.04. The quantitative estimate of drug-likeness (QED) is 0.775. The molecule has 0 bridgehead atoms. The van der Waals surface area contributed by atoms with E-state index in [0.717, 1.165) is 12.8 Å². The Morgan fingerprint density at radius 2 is 1.95 bits per heavy atom. The normalized spacial score (nSPS) is 14.9. The van der Waals surface area contributed by atoms with Gasteiger partial charge < -0.3 is 5.32 Å². The standard InChI is InChI=1S/C13H16N2O3S/c1-2-9-14-19(17,18)12-7-5-11(6-8-12)15-13(16)10-3-4-10/h2,5-8,10,14H,1,3-4,9H2,(H,15,16). The second kappa shape index (κ2) is 5.54. The molecule has 0 unspecified atom stereocenters. The summed E-state index contributed by atoms with van der Waals surface area (Å²) in [6, 6.07) is 6.10. The summed E-state index contributed by atoms with van der Waals surface area (Å²) in [4.78, 5) is 11.7. The first-order valence-corrected chi connectivity index (χ1v) is 7.53. The van der Waals surface area contributed by atoms with E-state index in [2.05, 4.69) is 16.6 Å². The summed E-state index contributed by atoms with van der Waals surface area (Å²) in [7, 11) is -3.51. The number of carbonyl (C=O) groups is 1. The van der Waals surface area contributed by atoms with Crippen molar-refractivity contribution < 1.29 is 13.2 Å². The van der Waals surface area contributed by atoms with Crippen molar-refractivity contribution in [2.24, 2.45) is 5.92 Å². The summed E-state index contributed by atoms with van der Waals surface area (Å²) < 4.78 is 26.0. The summed E-state index contributed by atoms with van der Waals surface area (Å²) in [5.41, 5.74) is 0.611. The number of carbonyl (C=O) groups excluding carboxylic acids is 1. The molecule has 0 saturated heterocycles.